The summed E-state index contributed by atoms with van der Waals surface area (Å²) in [5, 5.41) is 10.2. The SMILES string of the molecule is [C-]#[N+]c1c(Cl)c(Cl)c(Cc2ccc(Cl)cc2Br)c(C#N)c1Cl. The van der Waals surface area contributed by atoms with Gasteiger partial charge in [0.05, 0.1) is 33.3 Å². The predicted octanol–water partition coefficient (Wildman–Crippen LogP) is 7.08. The molecule has 0 unspecified atom stereocenters. The van der Waals surface area contributed by atoms with Gasteiger partial charge in [0.2, 0.25) is 5.69 Å². The van der Waals surface area contributed by atoms with Crippen LogP contribution in [0.25, 0.3) is 4.85 Å². The molecule has 0 amide bonds. The van der Waals surface area contributed by atoms with Crippen molar-refractivity contribution < 1.29 is 0 Å². The normalized spacial score (nSPS) is 10.1. The molecule has 2 rings (SSSR count). The van der Waals surface area contributed by atoms with E-state index in [9.17, 15) is 5.26 Å². The first-order valence-electron chi connectivity index (χ1n) is 5.81. The topological polar surface area (TPSA) is 28.1 Å². The largest absolute Gasteiger partial charge is 0.235 e. The number of nitriles is 1. The third-order valence-electron chi connectivity index (χ3n) is 3.00. The first kappa shape index (κ1) is 17.4. The first-order chi connectivity index (χ1) is 10.4. The maximum absolute atomic E-state index is 9.35. The van der Waals surface area contributed by atoms with E-state index in [0.717, 1.165) is 10.0 Å². The molecule has 0 aliphatic rings. The van der Waals surface area contributed by atoms with E-state index in [1.165, 1.54) is 0 Å². The summed E-state index contributed by atoms with van der Waals surface area (Å²) >= 11 is 27.8. The Hall–Kier alpha value is -0.940. The first-order valence-corrected chi connectivity index (χ1v) is 8.12. The third-order valence-corrected chi connectivity index (χ3v) is 5.22. The van der Waals surface area contributed by atoms with Crippen LogP contribution in [0.4, 0.5) is 5.69 Å². The number of halogens is 5. The molecule has 0 saturated heterocycles. The van der Waals surface area contributed by atoms with Crippen molar-refractivity contribution in [1.82, 2.24) is 0 Å². The molecule has 0 aliphatic carbocycles. The fourth-order valence-electron chi connectivity index (χ4n) is 1.93. The van der Waals surface area contributed by atoms with Gasteiger partial charge in [-0.05, 0) is 23.3 Å². The molecule has 0 spiro atoms. The zero-order chi connectivity index (χ0) is 16.4. The van der Waals surface area contributed by atoms with Crippen LogP contribution >= 0.6 is 62.3 Å². The van der Waals surface area contributed by atoms with Crippen molar-refractivity contribution in [2.24, 2.45) is 0 Å². The summed E-state index contributed by atoms with van der Waals surface area (Å²) in [7, 11) is 0. The Morgan fingerprint density at radius 2 is 1.82 bits per heavy atom. The molecule has 0 saturated carbocycles. The lowest BCUT2D eigenvalue weighted by atomic mass is 9.99. The minimum Gasteiger partial charge on any atom is -0.235 e. The molecule has 0 radical (unpaired) electrons. The number of nitrogens with zero attached hydrogens (tertiary/aromatic N) is 2. The number of benzene rings is 2. The van der Waals surface area contributed by atoms with Gasteiger partial charge in [-0.15, -0.1) is 0 Å². The van der Waals surface area contributed by atoms with Gasteiger partial charge in [-0.2, -0.15) is 5.26 Å². The van der Waals surface area contributed by atoms with Gasteiger partial charge in [0, 0.05) is 15.9 Å². The van der Waals surface area contributed by atoms with E-state index < -0.39 is 0 Å². The molecular formula is C15H5BrCl4N2. The highest BCUT2D eigenvalue weighted by Crippen LogP contribution is 2.44. The van der Waals surface area contributed by atoms with Crippen LogP contribution in [0, 0.1) is 17.9 Å². The molecule has 2 aromatic carbocycles. The van der Waals surface area contributed by atoms with Gasteiger partial charge < -0.3 is 0 Å². The molecule has 0 fully saturated rings. The minimum atomic E-state index is -0.0104. The van der Waals surface area contributed by atoms with E-state index in [0.29, 0.717) is 17.0 Å². The van der Waals surface area contributed by atoms with Gasteiger partial charge >= 0.3 is 0 Å². The number of rotatable bonds is 2. The Kier molecular flexibility index (Phi) is 5.61. The van der Waals surface area contributed by atoms with E-state index in [1.807, 2.05) is 12.1 Å². The second-order valence-electron chi connectivity index (χ2n) is 4.28. The molecule has 0 heterocycles. The fourth-order valence-corrected chi connectivity index (χ4v) is 3.60. The smallest absolute Gasteiger partial charge is 0.226 e. The van der Waals surface area contributed by atoms with Gasteiger partial charge in [0.1, 0.15) is 0 Å². The Labute approximate surface area is 156 Å². The van der Waals surface area contributed by atoms with Crippen molar-refractivity contribution >= 4 is 68.0 Å². The molecular weight excluding hydrogens is 430 g/mol. The number of hydrogen-bond acceptors (Lipinski definition) is 1. The van der Waals surface area contributed by atoms with Crippen molar-refractivity contribution in [3.8, 4) is 6.07 Å². The lowest BCUT2D eigenvalue weighted by Gasteiger charge is -2.13. The molecule has 0 atom stereocenters. The van der Waals surface area contributed by atoms with E-state index in [-0.39, 0.29) is 26.3 Å². The summed E-state index contributed by atoms with van der Waals surface area (Å²) in [5.74, 6) is 0. The van der Waals surface area contributed by atoms with Gasteiger partial charge in [-0.25, -0.2) is 4.85 Å². The summed E-state index contributed by atoms with van der Waals surface area (Å²) < 4.78 is 0.779. The summed E-state index contributed by atoms with van der Waals surface area (Å²) in [6.07, 6.45) is 0.331. The molecule has 2 nitrogen and oxygen atoms in total. The fraction of sp³-hybridized carbons (Fsp3) is 0.0667. The van der Waals surface area contributed by atoms with Gasteiger partial charge in [-0.3, -0.25) is 0 Å². The van der Waals surface area contributed by atoms with Crippen molar-refractivity contribution in [3.63, 3.8) is 0 Å². The average molecular weight is 435 g/mol. The minimum absolute atomic E-state index is 0.0104. The Morgan fingerprint density at radius 1 is 1.14 bits per heavy atom. The van der Waals surface area contributed by atoms with Crippen LogP contribution in [-0.4, -0.2) is 0 Å². The standard InChI is InChI=1S/C15H5BrCl4N2/c1-22-15-13(19)10(6-21)9(12(18)14(15)20)4-7-2-3-8(17)5-11(7)16/h2-3,5H,4H2. The molecule has 110 valence electrons. The van der Waals surface area contributed by atoms with Crippen molar-refractivity contribution in [3.05, 3.63) is 70.9 Å². The highest BCUT2D eigenvalue weighted by atomic mass is 79.9. The van der Waals surface area contributed by atoms with E-state index in [4.69, 9.17) is 53.0 Å². The Balaban J connectivity index is 2.66. The molecule has 0 N–H and O–H groups in total. The summed E-state index contributed by atoms with van der Waals surface area (Å²) in [6.45, 7) is 7.11. The van der Waals surface area contributed by atoms with Crippen molar-refractivity contribution in [2.45, 2.75) is 6.42 Å². The average Bonchev–Trinajstić information content (AvgIpc) is 2.48. The number of hydrogen-bond donors (Lipinski definition) is 0. The van der Waals surface area contributed by atoms with Crippen LogP contribution in [0.5, 0.6) is 0 Å². The molecule has 22 heavy (non-hydrogen) atoms. The van der Waals surface area contributed by atoms with Gasteiger partial charge in [0.15, 0.2) is 0 Å². The highest BCUT2D eigenvalue weighted by molar-refractivity contribution is 9.10. The quantitative estimate of drug-likeness (QED) is 0.366. The van der Waals surface area contributed by atoms with Crippen LogP contribution < -0.4 is 0 Å². The highest BCUT2D eigenvalue weighted by Gasteiger charge is 2.22. The lowest BCUT2D eigenvalue weighted by molar-refractivity contribution is 1.17. The molecule has 0 aliphatic heterocycles. The monoisotopic (exact) mass is 432 g/mol. The Morgan fingerprint density at radius 3 is 2.36 bits per heavy atom. The van der Waals surface area contributed by atoms with Gasteiger partial charge in [0.25, 0.3) is 0 Å². The van der Waals surface area contributed by atoms with Crippen molar-refractivity contribution in [1.29, 1.82) is 5.26 Å². The van der Waals surface area contributed by atoms with Crippen LogP contribution in [0.3, 0.4) is 0 Å². The maximum atomic E-state index is 9.35. The zero-order valence-electron chi connectivity index (χ0n) is 10.7. The van der Waals surface area contributed by atoms with E-state index in [2.05, 4.69) is 20.8 Å². The summed E-state index contributed by atoms with van der Waals surface area (Å²) in [4.78, 5) is 3.24. The van der Waals surface area contributed by atoms with Crippen LogP contribution in [0.2, 0.25) is 20.1 Å². The van der Waals surface area contributed by atoms with E-state index in [1.54, 1.807) is 12.1 Å². The Bertz CT molecular complexity index is 850. The summed E-state index contributed by atoms with van der Waals surface area (Å²) in [6, 6.07) is 7.29. The predicted molar refractivity (Wildman–Crippen MR) is 94.4 cm³/mol. The van der Waals surface area contributed by atoms with Crippen molar-refractivity contribution in [2.75, 3.05) is 0 Å². The second kappa shape index (κ2) is 7.09. The van der Waals surface area contributed by atoms with Crippen LogP contribution in [0.15, 0.2) is 22.7 Å². The molecule has 2 aromatic rings. The van der Waals surface area contributed by atoms with E-state index >= 15 is 0 Å². The molecule has 0 aromatic heterocycles. The molecule has 0 bridgehead atoms. The van der Waals surface area contributed by atoms with Crippen LogP contribution in [-0.2, 0) is 6.42 Å². The summed E-state index contributed by atoms with van der Waals surface area (Å²) in [5.41, 5.74) is 1.49. The lowest BCUT2D eigenvalue weighted by Crippen LogP contribution is -1.97. The third kappa shape index (κ3) is 3.20. The van der Waals surface area contributed by atoms with Gasteiger partial charge in [-0.1, -0.05) is 68.4 Å². The second-order valence-corrected chi connectivity index (χ2v) is 6.70. The maximum Gasteiger partial charge on any atom is 0.226 e. The molecule has 7 heteroatoms. The zero-order valence-corrected chi connectivity index (χ0v) is 15.3. The van der Waals surface area contributed by atoms with Crippen LogP contribution in [0.1, 0.15) is 16.7 Å².